The molecule has 1 aromatic heterocycles. The largest absolute Gasteiger partial charge is 0.325 e. The molecule has 1 aliphatic heterocycles. The number of nitrogens with one attached hydrogen (secondary N) is 1. The molecule has 1 aliphatic rings. The minimum absolute atomic E-state index is 0.0610. The number of carbonyl (C=O) groups is 1. The number of aromatic nitrogens is 1. The first kappa shape index (κ1) is 17.6. The molecule has 132 valence electrons. The van der Waals surface area contributed by atoms with E-state index >= 15 is 0 Å². The van der Waals surface area contributed by atoms with E-state index in [-0.39, 0.29) is 5.91 Å². The van der Waals surface area contributed by atoms with Gasteiger partial charge in [-0.2, -0.15) is 0 Å². The summed E-state index contributed by atoms with van der Waals surface area (Å²) in [5.41, 5.74) is 4.56. The zero-order chi connectivity index (χ0) is 17.6. The second-order valence-electron chi connectivity index (χ2n) is 6.72. The summed E-state index contributed by atoms with van der Waals surface area (Å²) < 4.78 is 0. The van der Waals surface area contributed by atoms with Gasteiger partial charge in [0.1, 0.15) is 0 Å². The Morgan fingerprint density at radius 2 is 1.76 bits per heavy atom. The fourth-order valence-corrected chi connectivity index (χ4v) is 3.11. The first-order chi connectivity index (χ1) is 12.1. The lowest BCUT2D eigenvalue weighted by Gasteiger charge is -2.34. The van der Waals surface area contributed by atoms with Gasteiger partial charge in [0.2, 0.25) is 5.91 Å². The molecule has 1 fully saturated rings. The van der Waals surface area contributed by atoms with E-state index in [9.17, 15) is 4.79 Å². The Hall–Kier alpha value is -2.24. The Bertz CT molecular complexity index is 723. The van der Waals surface area contributed by atoms with E-state index in [4.69, 9.17) is 0 Å². The molecule has 0 atom stereocenters. The van der Waals surface area contributed by atoms with E-state index in [2.05, 4.69) is 33.1 Å². The van der Waals surface area contributed by atoms with E-state index in [1.54, 1.807) is 0 Å². The quantitative estimate of drug-likeness (QED) is 0.910. The summed E-state index contributed by atoms with van der Waals surface area (Å²) in [6.45, 7) is 9.31. The Labute approximate surface area is 149 Å². The van der Waals surface area contributed by atoms with Gasteiger partial charge in [0, 0.05) is 50.8 Å². The third-order valence-corrected chi connectivity index (χ3v) is 4.79. The molecule has 0 unspecified atom stereocenters. The van der Waals surface area contributed by atoms with Crippen molar-refractivity contribution < 1.29 is 4.79 Å². The minimum atomic E-state index is 0.0610. The first-order valence-corrected chi connectivity index (χ1v) is 8.81. The third kappa shape index (κ3) is 4.87. The van der Waals surface area contributed by atoms with Crippen molar-refractivity contribution in [3.63, 3.8) is 0 Å². The standard InChI is InChI=1S/C20H26N4O/c1-16-7-8-21-13-18(16)14-23-9-11-24(12-10-23)15-20(25)22-19-6-4-3-5-17(19)2/h3-8,13H,9-12,14-15H2,1-2H3,(H,22,25). The van der Waals surface area contributed by atoms with Crippen LogP contribution in [-0.4, -0.2) is 53.4 Å². The van der Waals surface area contributed by atoms with Crippen molar-refractivity contribution in [1.29, 1.82) is 0 Å². The van der Waals surface area contributed by atoms with E-state index in [0.717, 1.165) is 44.0 Å². The van der Waals surface area contributed by atoms with Crippen molar-refractivity contribution in [3.8, 4) is 0 Å². The molecule has 1 aromatic carbocycles. The average molecular weight is 338 g/mol. The molecule has 0 saturated carbocycles. The average Bonchev–Trinajstić information content (AvgIpc) is 2.61. The number of anilines is 1. The van der Waals surface area contributed by atoms with Gasteiger partial charge in [-0.1, -0.05) is 18.2 Å². The van der Waals surface area contributed by atoms with Crippen molar-refractivity contribution in [3.05, 3.63) is 59.4 Å². The predicted molar refractivity (Wildman–Crippen MR) is 100 cm³/mol. The van der Waals surface area contributed by atoms with Crippen LogP contribution < -0.4 is 5.32 Å². The van der Waals surface area contributed by atoms with Crippen LogP contribution in [0, 0.1) is 13.8 Å². The molecular formula is C20H26N4O. The number of hydrogen-bond acceptors (Lipinski definition) is 4. The summed E-state index contributed by atoms with van der Waals surface area (Å²) in [5.74, 6) is 0.0610. The Balaban J connectivity index is 1.45. The summed E-state index contributed by atoms with van der Waals surface area (Å²) in [7, 11) is 0. The molecule has 1 saturated heterocycles. The molecule has 2 heterocycles. The van der Waals surface area contributed by atoms with E-state index in [1.807, 2.05) is 43.6 Å². The molecule has 0 radical (unpaired) electrons. The van der Waals surface area contributed by atoms with Crippen LogP contribution in [0.25, 0.3) is 0 Å². The molecule has 1 amide bonds. The summed E-state index contributed by atoms with van der Waals surface area (Å²) in [5, 5.41) is 3.01. The molecule has 1 N–H and O–H groups in total. The highest BCUT2D eigenvalue weighted by molar-refractivity contribution is 5.92. The number of carbonyl (C=O) groups excluding carboxylic acids is 1. The molecule has 0 spiro atoms. The van der Waals surface area contributed by atoms with E-state index in [0.29, 0.717) is 6.54 Å². The van der Waals surface area contributed by atoms with Crippen LogP contribution >= 0.6 is 0 Å². The van der Waals surface area contributed by atoms with Crippen molar-refractivity contribution in [2.45, 2.75) is 20.4 Å². The van der Waals surface area contributed by atoms with E-state index < -0.39 is 0 Å². The number of rotatable bonds is 5. The third-order valence-electron chi connectivity index (χ3n) is 4.79. The lowest BCUT2D eigenvalue weighted by Crippen LogP contribution is -2.48. The van der Waals surface area contributed by atoms with Gasteiger partial charge in [0.15, 0.2) is 0 Å². The maximum absolute atomic E-state index is 12.3. The summed E-state index contributed by atoms with van der Waals surface area (Å²) in [6, 6.07) is 9.94. The van der Waals surface area contributed by atoms with Gasteiger partial charge in [-0.05, 0) is 42.7 Å². The van der Waals surface area contributed by atoms with Crippen molar-refractivity contribution >= 4 is 11.6 Å². The highest BCUT2D eigenvalue weighted by Crippen LogP contribution is 2.14. The van der Waals surface area contributed by atoms with Gasteiger partial charge in [0.25, 0.3) is 0 Å². The SMILES string of the molecule is Cc1ccncc1CN1CCN(CC(=O)Nc2ccccc2C)CC1. The number of aryl methyl sites for hydroxylation is 2. The highest BCUT2D eigenvalue weighted by atomic mass is 16.2. The summed E-state index contributed by atoms with van der Waals surface area (Å²) in [4.78, 5) is 21.2. The zero-order valence-corrected chi connectivity index (χ0v) is 15.0. The minimum Gasteiger partial charge on any atom is -0.325 e. The number of para-hydroxylation sites is 1. The monoisotopic (exact) mass is 338 g/mol. The number of piperazine rings is 1. The lowest BCUT2D eigenvalue weighted by atomic mass is 10.1. The Morgan fingerprint density at radius 1 is 1.04 bits per heavy atom. The normalized spacial score (nSPS) is 15.9. The number of hydrogen-bond donors (Lipinski definition) is 1. The van der Waals surface area contributed by atoms with Crippen molar-refractivity contribution in [1.82, 2.24) is 14.8 Å². The number of nitrogens with zero attached hydrogens (tertiary/aromatic N) is 3. The molecule has 25 heavy (non-hydrogen) atoms. The summed E-state index contributed by atoms with van der Waals surface area (Å²) in [6.07, 6.45) is 3.79. The van der Waals surface area contributed by atoms with Gasteiger partial charge < -0.3 is 5.32 Å². The lowest BCUT2D eigenvalue weighted by molar-refractivity contribution is -0.117. The summed E-state index contributed by atoms with van der Waals surface area (Å²) >= 11 is 0. The number of pyridine rings is 1. The van der Waals surface area contributed by atoms with Crippen LogP contribution in [-0.2, 0) is 11.3 Å². The fraction of sp³-hybridized carbons (Fsp3) is 0.400. The molecular weight excluding hydrogens is 312 g/mol. The number of benzene rings is 1. The topological polar surface area (TPSA) is 48.5 Å². The van der Waals surface area contributed by atoms with Crippen LogP contribution in [0.2, 0.25) is 0 Å². The maximum Gasteiger partial charge on any atom is 0.238 e. The van der Waals surface area contributed by atoms with Crippen LogP contribution in [0.5, 0.6) is 0 Å². The van der Waals surface area contributed by atoms with Crippen molar-refractivity contribution in [2.24, 2.45) is 0 Å². The molecule has 5 heteroatoms. The van der Waals surface area contributed by atoms with Gasteiger partial charge >= 0.3 is 0 Å². The first-order valence-electron chi connectivity index (χ1n) is 8.81. The second kappa shape index (κ2) is 8.23. The Morgan fingerprint density at radius 3 is 2.48 bits per heavy atom. The van der Waals surface area contributed by atoms with Gasteiger partial charge in [-0.15, -0.1) is 0 Å². The Kier molecular flexibility index (Phi) is 5.79. The highest BCUT2D eigenvalue weighted by Gasteiger charge is 2.19. The molecule has 5 nitrogen and oxygen atoms in total. The zero-order valence-electron chi connectivity index (χ0n) is 15.0. The van der Waals surface area contributed by atoms with Crippen LogP contribution in [0.15, 0.2) is 42.7 Å². The van der Waals surface area contributed by atoms with Gasteiger partial charge in [-0.25, -0.2) is 0 Å². The van der Waals surface area contributed by atoms with E-state index in [1.165, 1.54) is 11.1 Å². The smallest absolute Gasteiger partial charge is 0.238 e. The number of amides is 1. The fourth-order valence-electron chi connectivity index (χ4n) is 3.11. The van der Waals surface area contributed by atoms with Crippen LogP contribution in [0.3, 0.4) is 0 Å². The van der Waals surface area contributed by atoms with Gasteiger partial charge in [0.05, 0.1) is 6.54 Å². The van der Waals surface area contributed by atoms with Crippen molar-refractivity contribution in [2.75, 3.05) is 38.0 Å². The maximum atomic E-state index is 12.3. The molecule has 3 rings (SSSR count). The molecule has 0 aliphatic carbocycles. The molecule has 0 bridgehead atoms. The van der Waals surface area contributed by atoms with Crippen LogP contribution in [0.1, 0.15) is 16.7 Å². The molecule has 2 aromatic rings. The van der Waals surface area contributed by atoms with Gasteiger partial charge in [-0.3, -0.25) is 19.6 Å². The second-order valence-corrected chi connectivity index (χ2v) is 6.72. The van der Waals surface area contributed by atoms with Crippen LogP contribution in [0.4, 0.5) is 5.69 Å². The predicted octanol–water partition coefficient (Wildman–Crippen LogP) is 2.45.